The van der Waals surface area contributed by atoms with Crippen molar-refractivity contribution >= 4 is 29.0 Å². The molecule has 158 valence electrons. The van der Waals surface area contributed by atoms with Crippen molar-refractivity contribution in [2.45, 2.75) is 51.7 Å². The fourth-order valence-corrected chi connectivity index (χ4v) is 6.74. The number of hydrogen-bond donors (Lipinski definition) is 1. The smallest absolute Gasteiger partial charge is 0.260 e. The van der Waals surface area contributed by atoms with Crippen LogP contribution >= 0.6 is 12.2 Å². The number of ketones is 1. The number of hydrogen-bond acceptors (Lipinski definition) is 5. The predicted molar refractivity (Wildman–Crippen MR) is 115 cm³/mol. The van der Waals surface area contributed by atoms with Crippen LogP contribution in [0.25, 0.3) is 0 Å². The zero-order chi connectivity index (χ0) is 21.8. The summed E-state index contributed by atoms with van der Waals surface area (Å²) in [4.78, 5) is 27.2. The Labute approximate surface area is 182 Å². The molecule has 2 fully saturated rings. The summed E-state index contributed by atoms with van der Waals surface area (Å²) in [6.45, 7) is 5.77. The lowest BCUT2D eigenvalue weighted by Crippen LogP contribution is -2.59. The van der Waals surface area contributed by atoms with Crippen molar-refractivity contribution in [1.29, 1.82) is 5.26 Å². The van der Waals surface area contributed by atoms with E-state index < -0.39 is 11.0 Å². The van der Waals surface area contributed by atoms with Gasteiger partial charge < -0.3 is 10.1 Å². The van der Waals surface area contributed by atoms with Gasteiger partial charge in [0.1, 0.15) is 5.78 Å². The van der Waals surface area contributed by atoms with Crippen LogP contribution in [0.2, 0.25) is 0 Å². The first kappa shape index (κ1) is 21.0. The number of fused-ring (bicyclic) bond motifs is 3. The van der Waals surface area contributed by atoms with Crippen molar-refractivity contribution in [1.82, 2.24) is 10.2 Å². The van der Waals surface area contributed by atoms with E-state index in [0.717, 1.165) is 30.4 Å². The fraction of sp³-hybridized carbons (Fsp3) is 0.565. The monoisotopic (exact) mass is 425 g/mol. The summed E-state index contributed by atoms with van der Waals surface area (Å²) in [6.07, 6.45) is 2.44. The molecule has 1 saturated heterocycles. The van der Waals surface area contributed by atoms with Crippen LogP contribution in [0.1, 0.15) is 50.3 Å². The maximum Gasteiger partial charge on any atom is 0.260 e. The lowest BCUT2D eigenvalue weighted by atomic mass is 9.56. The zero-order valence-electron chi connectivity index (χ0n) is 17.8. The topological polar surface area (TPSA) is 82.4 Å². The van der Waals surface area contributed by atoms with Gasteiger partial charge in [0.2, 0.25) is 0 Å². The number of nitrogens with one attached hydrogen (secondary N) is 1. The number of ether oxygens (including phenoxy) is 1. The van der Waals surface area contributed by atoms with E-state index in [1.54, 1.807) is 7.11 Å². The number of benzene rings is 1. The quantitative estimate of drug-likeness (QED) is 0.750. The van der Waals surface area contributed by atoms with Crippen LogP contribution in [0.3, 0.4) is 0 Å². The van der Waals surface area contributed by atoms with E-state index in [4.69, 9.17) is 17.0 Å². The molecule has 0 aromatic heterocycles. The normalized spacial score (nSPS) is 34.9. The molecule has 1 N–H and O–H groups in total. The standard InChI is InChI=1S/C23H27N3O3S/c1-13-8-22(9-14(2)19(13)29-4)10-17-6-5-16(11-24)7-18(17)23(22)20(28)26(12-15(3)27)21(30)25-23/h5-7,13-14,19H,8-10,12H2,1-4H3,(H,25,30)/t13-,14+,19+,22+,23-/m1/s1. The molecule has 1 aliphatic heterocycles. The van der Waals surface area contributed by atoms with Gasteiger partial charge in [-0.1, -0.05) is 19.9 Å². The summed E-state index contributed by atoms with van der Waals surface area (Å²) in [6, 6.07) is 7.80. The molecule has 0 bridgehead atoms. The van der Waals surface area contributed by atoms with Gasteiger partial charge in [-0.15, -0.1) is 0 Å². The van der Waals surface area contributed by atoms with Gasteiger partial charge in [0.05, 0.1) is 24.3 Å². The van der Waals surface area contributed by atoms with E-state index in [1.165, 1.54) is 11.8 Å². The molecule has 1 amide bonds. The Morgan fingerprint density at radius 2 is 2.03 bits per heavy atom. The lowest BCUT2D eigenvalue weighted by molar-refractivity contribution is -0.143. The molecule has 4 rings (SSSR count). The van der Waals surface area contributed by atoms with Crippen molar-refractivity contribution in [2.75, 3.05) is 13.7 Å². The Balaban J connectivity index is 1.90. The van der Waals surface area contributed by atoms with E-state index in [1.807, 2.05) is 18.2 Å². The van der Waals surface area contributed by atoms with Crippen molar-refractivity contribution in [3.63, 3.8) is 0 Å². The third kappa shape index (κ3) is 2.74. The maximum atomic E-state index is 14.0. The Kier molecular flexibility index (Phi) is 4.99. The number of methoxy groups -OCH3 is 1. The first-order valence-electron chi connectivity index (χ1n) is 10.4. The van der Waals surface area contributed by atoms with Crippen LogP contribution in [0, 0.1) is 28.6 Å². The van der Waals surface area contributed by atoms with Gasteiger partial charge in [0.25, 0.3) is 5.91 Å². The SMILES string of the molecule is CO[C@H]1[C@H](C)C[C@@]2(Cc3ccc(C#N)cc3[C@]23NC(=S)N(CC(C)=O)C3=O)C[C@@H]1C. The molecule has 0 radical (unpaired) electrons. The number of nitriles is 1. The summed E-state index contributed by atoms with van der Waals surface area (Å²) in [7, 11) is 1.75. The molecule has 2 spiro atoms. The van der Waals surface area contributed by atoms with Gasteiger partial charge in [0.15, 0.2) is 10.7 Å². The summed E-state index contributed by atoms with van der Waals surface area (Å²) >= 11 is 5.55. The number of amides is 1. The highest BCUT2D eigenvalue weighted by Gasteiger charge is 2.68. The second kappa shape index (κ2) is 7.14. The molecule has 7 heteroatoms. The third-order valence-corrected chi connectivity index (χ3v) is 7.60. The van der Waals surface area contributed by atoms with Crippen molar-refractivity contribution in [3.8, 4) is 6.07 Å². The average Bonchev–Trinajstić information content (AvgIpc) is 3.08. The Morgan fingerprint density at radius 3 is 2.60 bits per heavy atom. The van der Waals surface area contributed by atoms with Crippen LogP contribution in [-0.4, -0.2) is 41.5 Å². The van der Waals surface area contributed by atoms with Crippen molar-refractivity contribution in [3.05, 3.63) is 34.9 Å². The number of Topliss-reactive ketones (excluding diaryl/α,β-unsaturated/α-hetero) is 1. The van der Waals surface area contributed by atoms with Gasteiger partial charge in [-0.25, -0.2) is 0 Å². The van der Waals surface area contributed by atoms with E-state index in [9.17, 15) is 14.9 Å². The van der Waals surface area contributed by atoms with E-state index in [0.29, 0.717) is 10.7 Å². The minimum Gasteiger partial charge on any atom is -0.381 e. The maximum absolute atomic E-state index is 14.0. The van der Waals surface area contributed by atoms with Gasteiger partial charge in [0, 0.05) is 12.5 Å². The molecule has 1 aromatic rings. The highest BCUT2D eigenvalue weighted by atomic mass is 32.1. The molecule has 30 heavy (non-hydrogen) atoms. The zero-order valence-corrected chi connectivity index (χ0v) is 18.6. The van der Waals surface area contributed by atoms with Crippen LogP contribution in [0.5, 0.6) is 0 Å². The van der Waals surface area contributed by atoms with Crippen LogP contribution in [-0.2, 0) is 26.3 Å². The second-order valence-corrected chi connectivity index (χ2v) is 9.66. The Morgan fingerprint density at radius 1 is 1.37 bits per heavy atom. The minimum atomic E-state index is -1.05. The molecule has 0 unspecified atom stereocenters. The second-order valence-electron chi connectivity index (χ2n) is 9.28. The average molecular weight is 426 g/mol. The van der Waals surface area contributed by atoms with Crippen LogP contribution < -0.4 is 5.32 Å². The molecule has 6 nitrogen and oxygen atoms in total. The molecule has 1 heterocycles. The summed E-state index contributed by atoms with van der Waals surface area (Å²) in [5, 5.41) is 13.2. The van der Waals surface area contributed by atoms with Crippen molar-refractivity contribution < 1.29 is 14.3 Å². The number of rotatable bonds is 3. The lowest BCUT2D eigenvalue weighted by Gasteiger charge is -2.51. The van der Waals surface area contributed by atoms with Crippen LogP contribution in [0.4, 0.5) is 0 Å². The molecule has 1 aromatic carbocycles. The Hall–Kier alpha value is -2.30. The first-order chi connectivity index (χ1) is 14.2. The van der Waals surface area contributed by atoms with E-state index in [2.05, 4.69) is 25.2 Å². The number of carbonyl (C=O) groups excluding carboxylic acids is 2. The summed E-state index contributed by atoms with van der Waals surface area (Å²) < 4.78 is 5.78. The van der Waals surface area contributed by atoms with Gasteiger partial charge in [-0.05, 0) is 73.5 Å². The largest absolute Gasteiger partial charge is 0.381 e. The summed E-state index contributed by atoms with van der Waals surface area (Å²) in [5.74, 6) is 0.218. The number of nitrogens with zero attached hydrogens (tertiary/aromatic N) is 2. The molecular formula is C23H27N3O3S. The highest BCUT2D eigenvalue weighted by molar-refractivity contribution is 7.80. The van der Waals surface area contributed by atoms with Gasteiger partial charge in [-0.2, -0.15) is 5.26 Å². The molecular weight excluding hydrogens is 398 g/mol. The fourth-order valence-electron chi connectivity index (χ4n) is 6.44. The Bertz CT molecular complexity index is 972. The third-order valence-electron chi connectivity index (χ3n) is 7.27. The predicted octanol–water partition coefficient (Wildman–Crippen LogP) is 2.68. The minimum absolute atomic E-state index is 0.0401. The van der Waals surface area contributed by atoms with Gasteiger partial charge >= 0.3 is 0 Å². The number of carbonyl (C=O) groups is 2. The van der Waals surface area contributed by atoms with Crippen molar-refractivity contribution in [2.24, 2.45) is 17.3 Å². The highest BCUT2D eigenvalue weighted by Crippen LogP contribution is 2.61. The van der Waals surface area contributed by atoms with Crippen LogP contribution in [0.15, 0.2) is 18.2 Å². The number of thiocarbonyl (C=S) groups is 1. The van der Waals surface area contributed by atoms with E-state index >= 15 is 0 Å². The first-order valence-corrected chi connectivity index (χ1v) is 10.8. The molecule has 1 saturated carbocycles. The summed E-state index contributed by atoms with van der Waals surface area (Å²) in [5.41, 5.74) is 0.961. The van der Waals surface area contributed by atoms with Gasteiger partial charge in [-0.3, -0.25) is 14.5 Å². The molecule has 2 aliphatic carbocycles. The molecule has 3 aliphatic rings. The van der Waals surface area contributed by atoms with E-state index in [-0.39, 0.29) is 36.2 Å². The molecule has 5 atom stereocenters.